The van der Waals surface area contributed by atoms with Crippen molar-refractivity contribution in [1.29, 1.82) is 0 Å². The van der Waals surface area contributed by atoms with Crippen molar-refractivity contribution in [2.45, 2.75) is 89.4 Å². The summed E-state index contributed by atoms with van der Waals surface area (Å²) in [5.41, 5.74) is 5.67. The first-order valence-corrected chi connectivity index (χ1v) is 12.1. The highest BCUT2D eigenvalue weighted by atomic mass is 16.7. The van der Waals surface area contributed by atoms with E-state index in [1.807, 2.05) is 27.7 Å². The molecule has 0 unspecified atom stereocenters. The highest BCUT2D eigenvalue weighted by Crippen LogP contribution is 2.25. The van der Waals surface area contributed by atoms with Gasteiger partial charge in [-0.15, -0.1) is 0 Å². The number of urea groups is 2. The number of nitrogens with one attached hydrogen (secondary N) is 4. The normalized spacial score (nSPS) is 32.4. The SMILES string of the molecule is CO[C@H]1C[C@H](C)O[C@@H](C)[C@H]1ONC(=O)Nc1cccc(NC(=O)NO[C@@H]2[C@H](C)O[C@@H](C)C[C@@H]2OC)c1. The first kappa shape index (κ1) is 28.1. The van der Waals surface area contributed by atoms with Gasteiger partial charge in [0.05, 0.1) is 36.6 Å². The van der Waals surface area contributed by atoms with E-state index in [0.29, 0.717) is 24.2 Å². The molecule has 0 spiro atoms. The number of carbonyl (C=O) groups is 2. The Kier molecular flexibility index (Phi) is 10.3. The molecule has 2 heterocycles. The zero-order chi connectivity index (χ0) is 26.2. The molecule has 0 saturated carbocycles. The molecule has 0 radical (unpaired) electrons. The van der Waals surface area contributed by atoms with Crippen LogP contribution in [0.15, 0.2) is 24.3 Å². The van der Waals surface area contributed by atoms with Crippen LogP contribution in [0.25, 0.3) is 0 Å². The number of carbonyl (C=O) groups excluding carboxylic acids is 2. The van der Waals surface area contributed by atoms with Crippen LogP contribution in [0, 0.1) is 0 Å². The fraction of sp³-hybridized carbons (Fsp3) is 0.667. The van der Waals surface area contributed by atoms with E-state index in [0.717, 1.165) is 0 Å². The van der Waals surface area contributed by atoms with E-state index in [4.69, 9.17) is 28.6 Å². The Hall–Kier alpha value is -2.48. The second-order valence-corrected chi connectivity index (χ2v) is 9.18. The van der Waals surface area contributed by atoms with Gasteiger partial charge in [-0.1, -0.05) is 6.07 Å². The third-order valence-electron chi connectivity index (χ3n) is 6.24. The number of amides is 4. The largest absolute Gasteiger partial charge is 0.378 e. The van der Waals surface area contributed by atoms with Crippen LogP contribution in [0.2, 0.25) is 0 Å². The molecule has 2 aliphatic heterocycles. The number of hydrogen-bond donors (Lipinski definition) is 4. The summed E-state index contributed by atoms with van der Waals surface area (Å²) in [5, 5.41) is 5.33. The van der Waals surface area contributed by atoms with Crippen LogP contribution < -0.4 is 21.6 Å². The van der Waals surface area contributed by atoms with Gasteiger partial charge in [0.2, 0.25) is 0 Å². The molecular formula is C24H38N4O8. The Balaban J connectivity index is 1.47. The lowest BCUT2D eigenvalue weighted by atomic mass is 9.99. The number of hydroxylamine groups is 2. The molecule has 2 saturated heterocycles. The van der Waals surface area contributed by atoms with Crippen molar-refractivity contribution in [2.24, 2.45) is 0 Å². The topological polar surface area (TPSA) is 138 Å². The zero-order valence-corrected chi connectivity index (χ0v) is 21.6. The third kappa shape index (κ3) is 7.76. The van der Waals surface area contributed by atoms with Gasteiger partial charge >= 0.3 is 12.1 Å². The van der Waals surface area contributed by atoms with Gasteiger partial charge in [-0.3, -0.25) is 9.68 Å². The van der Waals surface area contributed by atoms with E-state index in [9.17, 15) is 9.59 Å². The molecule has 36 heavy (non-hydrogen) atoms. The molecule has 0 aliphatic carbocycles. The molecule has 202 valence electrons. The van der Waals surface area contributed by atoms with Crippen LogP contribution in [0.3, 0.4) is 0 Å². The Labute approximate surface area is 211 Å². The number of anilines is 2. The maximum Gasteiger partial charge on any atom is 0.343 e. The van der Waals surface area contributed by atoms with Gasteiger partial charge in [-0.25, -0.2) is 20.5 Å². The molecule has 2 fully saturated rings. The Bertz CT molecular complexity index is 809. The fourth-order valence-corrected chi connectivity index (χ4v) is 4.56. The second-order valence-electron chi connectivity index (χ2n) is 9.18. The van der Waals surface area contributed by atoms with Crippen molar-refractivity contribution in [1.82, 2.24) is 11.0 Å². The zero-order valence-electron chi connectivity index (χ0n) is 21.6. The Morgan fingerprint density at radius 2 is 1.19 bits per heavy atom. The van der Waals surface area contributed by atoms with E-state index < -0.39 is 24.3 Å². The Morgan fingerprint density at radius 3 is 1.58 bits per heavy atom. The quantitative estimate of drug-likeness (QED) is 0.392. The molecule has 1 aromatic rings. The predicted octanol–water partition coefficient (Wildman–Crippen LogP) is 2.95. The summed E-state index contributed by atoms with van der Waals surface area (Å²) in [6.45, 7) is 7.67. The molecule has 2 aliphatic rings. The minimum absolute atomic E-state index is 0.0426. The fourth-order valence-electron chi connectivity index (χ4n) is 4.56. The smallest absolute Gasteiger partial charge is 0.343 e. The summed E-state index contributed by atoms with van der Waals surface area (Å²) < 4.78 is 22.5. The molecular weight excluding hydrogens is 472 g/mol. The average Bonchev–Trinajstić information content (AvgIpc) is 2.82. The molecule has 4 N–H and O–H groups in total. The van der Waals surface area contributed by atoms with Gasteiger partial charge in [-0.2, -0.15) is 0 Å². The van der Waals surface area contributed by atoms with Gasteiger partial charge in [0, 0.05) is 38.4 Å². The molecule has 1 aromatic carbocycles. The third-order valence-corrected chi connectivity index (χ3v) is 6.24. The molecule has 3 rings (SSSR count). The van der Waals surface area contributed by atoms with Gasteiger partial charge in [-0.05, 0) is 45.9 Å². The lowest BCUT2D eigenvalue weighted by Gasteiger charge is -2.37. The summed E-state index contributed by atoms with van der Waals surface area (Å²) in [7, 11) is 3.21. The molecule has 4 amide bonds. The summed E-state index contributed by atoms with van der Waals surface area (Å²) in [6, 6.07) is 5.48. The second kappa shape index (κ2) is 13.2. The minimum atomic E-state index is -0.577. The van der Waals surface area contributed by atoms with Gasteiger partial charge in [0.1, 0.15) is 12.2 Å². The van der Waals surface area contributed by atoms with Crippen molar-refractivity contribution >= 4 is 23.4 Å². The van der Waals surface area contributed by atoms with E-state index in [1.54, 1.807) is 38.5 Å². The number of ether oxygens (including phenoxy) is 4. The predicted molar refractivity (Wildman–Crippen MR) is 131 cm³/mol. The number of hydrogen-bond acceptors (Lipinski definition) is 8. The highest BCUT2D eigenvalue weighted by Gasteiger charge is 2.37. The molecule has 0 aromatic heterocycles. The lowest BCUT2D eigenvalue weighted by Crippen LogP contribution is -2.51. The molecule has 12 nitrogen and oxygen atoms in total. The van der Waals surface area contributed by atoms with E-state index in [1.165, 1.54) is 0 Å². The van der Waals surface area contributed by atoms with E-state index in [2.05, 4.69) is 21.6 Å². The van der Waals surface area contributed by atoms with Crippen molar-refractivity contribution in [3.05, 3.63) is 24.3 Å². The Morgan fingerprint density at radius 1 is 0.778 bits per heavy atom. The van der Waals surface area contributed by atoms with Gasteiger partial charge < -0.3 is 29.6 Å². The first-order valence-electron chi connectivity index (χ1n) is 12.1. The molecule has 12 heteroatoms. The average molecular weight is 511 g/mol. The van der Waals surface area contributed by atoms with E-state index >= 15 is 0 Å². The van der Waals surface area contributed by atoms with E-state index in [-0.39, 0.29) is 36.6 Å². The minimum Gasteiger partial charge on any atom is -0.378 e. The summed E-state index contributed by atoms with van der Waals surface area (Å²) >= 11 is 0. The maximum atomic E-state index is 12.4. The van der Waals surface area contributed by atoms with Crippen molar-refractivity contribution in [3.8, 4) is 0 Å². The number of methoxy groups -OCH3 is 2. The monoisotopic (exact) mass is 510 g/mol. The van der Waals surface area contributed by atoms with Crippen LogP contribution in [-0.4, -0.2) is 75.1 Å². The van der Waals surface area contributed by atoms with Crippen molar-refractivity contribution in [3.63, 3.8) is 0 Å². The van der Waals surface area contributed by atoms with Crippen LogP contribution in [-0.2, 0) is 28.6 Å². The van der Waals surface area contributed by atoms with Crippen LogP contribution >= 0.6 is 0 Å². The lowest BCUT2D eigenvalue weighted by molar-refractivity contribution is -0.199. The van der Waals surface area contributed by atoms with Crippen molar-refractivity contribution < 1.29 is 38.2 Å². The first-order chi connectivity index (χ1) is 17.2. The van der Waals surface area contributed by atoms with Gasteiger partial charge in [0.25, 0.3) is 0 Å². The number of rotatable bonds is 8. The maximum absolute atomic E-state index is 12.4. The standard InChI is InChI=1S/C24H38N4O8/c1-13-10-19(31-5)21(15(3)33-13)35-27-23(29)25-17-8-7-9-18(12-17)26-24(30)28-36-22-16(4)34-14(2)11-20(22)32-6/h7-9,12-16,19-22H,10-11H2,1-6H3,(H2,25,27,29)(H2,26,28,30)/t13-,14-,15-,16-,19-,20-,21+,22+/m0/s1. The van der Waals surface area contributed by atoms with Crippen LogP contribution in [0.1, 0.15) is 40.5 Å². The van der Waals surface area contributed by atoms with Crippen LogP contribution in [0.5, 0.6) is 0 Å². The van der Waals surface area contributed by atoms with Gasteiger partial charge in [0.15, 0.2) is 0 Å². The summed E-state index contributed by atoms with van der Waals surface area (Å²) in [4.78, 5) is 35.9. The molecule has 0 bridgehead atoms. The highest BCUT2D eigenvalue weighted by molar-refractivity contribution is 5.92. The summed E-state index contributed by atoms with van der Waals surface area (Å²) in [6.07, 6.45) is -0.416. The number of benzene rings is 1. The van der Waals surface area contributed by atoms with Crippen molar-refractivity contribution in [2.75, 3.05) is 24.9 Å². The van der Waals surface area contributed by atoms with Crippen LogP contribution in [0.4, 0.5) is 21.0 Å². The summed E-state index contributed by atoms with van der Waals surface area (Å²) in [5.74, 6) is 0. The molecule has 8 atom stereocenters.